The van der Waals surface area contributed by atoms with Crippen LogP contribution in [0.4, 0.5) is 4.79 Å². The second kappa shape index (κ2) is 10.8. The number of rotatable bonds is 10. The van der Waals surface area contributed by atoms with Gasteiger partial charge in [0.15, 0.2) is 12.4 Å². The first kappa shape index (κ1) is 21.9. The number of ether oxygens (including phenoxy) is 2. The highest BCUT2D eigenvalue weighted by atomic mass is 16.6. The molecule has 1 saturated heterocycles. The Morgan fingerprint density at radius 2 is 1.86 bits per heavy atom. The predicted octanol–water partition coefficient (Wildman–Crippen LogP) is 0.491. The Bertz CT molecular complexity index is 765. The number of amides is 2. The molecule has 0 aromatic heterocycles. The van der Waals surface area contributed by atoms with Crippen LogP contribution >= 0.6 is 0 Å². The monoisotopic (exact) mass is 406 g/mol. The smallest absolute Gasteiger partial charge is 0.408 e. The van der Waals surface area contributed by atoms with Crippen LogP contribution in [0.3, 0.4) is 0 Å². The average molecular weight is 406 g/mol. The lowest BCUT2D eigenvalue weighted by Crippen LogP contribution is -2.44. The third-order valence-corrected chi connectivity index (χ3v) is 4.14. The van der Waals surface area contributed by atoms with Crippen LogP contribution < -0.4 is 5.32 Å². The number of ketones is 1. The number of carboxylic acid groups (broad SMARTS) is 1. The molecule has 0 bridgehead atoms. The van der Waals surface area contributed by atoms with Gasteiger partial charge in [0.1, 0.15) is 19.2 Å². The van der Waals surface area contributed by atoms with E-state index in [1.165, 1.54) is 4.90 Å². The average Bonchev–Trinajstić information content (AvgIpc) is 3.09. The van der Waals surface area contributed by atoms with Gasteiger partial charge in [-0.15, -0.1) is 0 Å². The summed E-state index contributed by atoms with van der Waals surface area (Å²) >= 11 is 0. The van der Waals surface area contributed by atoms with Gasteiger partial charge in [0.25, 0.3) is 0 Å². The summed E-state index contributed by atoms with van der Waals surface area (Å²) in [6, 6.07) is 7.37. The van der Waals surface area contributed by atoms with Gasteiger partial charge in [0, 0.05) is 13.0 Å². The largest absolute Gasteiger partial charge is 0.481 e. The molecule has 0 radical (unpaired) electrons. The summed E-state index contributed by atoms with van der Waals surface area (Å²) in [6.45, 7) is -0.613. The van der Waals surface area contributed by atoms with Crippen LogP contribution in [0.25, 0.3) is 0 Å². The first-order valence-corrected chi connectivity index (χ1v) is 9.00. The number of nitrogens with zero attached hydrogens (tertiary/aromatic N) is 1. The molecule has 156 valence electrons. The third-order valence-electron chi connectivity index (χ3n) is 4.14. The fourth-order valence-electron chi connectivity index (χ4n) is 2.65. The first-order valence-electron chi connectivity index (χ1n) is 9.00. The Kier molecular flexibility index (Phi) is 8.13. The van der Waals surface area contributed by atoms with Crippen molar-refractivity contribution in [3.63, 3.8) is 0 Å². The predicted molar refractivity (Wildman–Crippen MR) is 97.6 cm³/mol. The molecule has 1 heterocycles. The number of aliphatic carboxylic acids is 1. The molecular formula is C19H22N2O8. The minimum absolute atomic E-state index is 0.0560. The second-order valence-electron chi connectivity index (χ2n) is 6.40. The number of carbonyl (C=O) groups excluding carboxylic acids is 4. The topological polar surface area (TPSA) is 139 Å². The maximum atomic E-state index is 12.2. The van der Waals surface area contributed by atoms with Gasteiger partial charge in [0.2, 0.25) is 5.91 Å². The van der Waals surface area contributed by atoms with Crippen LogP contribution in [0.1, 0.15) is 24.8 Å². The number of hydrogen-bond acceptors (Lipinski definition) is 7. The maximum absolute atomic E-state index is 12.2. The number of carbonyl (C=O) groups is 5. The van der Waals surface area contributed by atoms with Crippen LogP contribution in [0, 0.1) is 0 Å². The zero-order chi connectivity index (χ0) is 21.2. The summed E-state index contributed by atoms with van der Waals surface area (Å²) in [6.07, 6.45) is -0.646. The fourth-order valence-corrected chi connectivity index (χ4v) is 2.65. The van der Waals surface area contributed by atoms with Crippen molar-refractivity contribution in [1.82, 2.24) is 10.2 Å². The molecule has 0 aliphatic carbocycles. The van der Waals surface area contributed by atoms with E-state index in [4.69, 9.17) is 14.6 Å². The third kappa shape index (κ3) is 7.60. The zero-order valence-electron chi connectivity index (χ0n) is 15.7. The molecule has 1 aromatic rings. The van der Waals surface area contributed by atoms with Crippen molar-refractivity contribution in [1.29, 1.82) is 0 Å². The van der Waals surface area contributed by atoms with Gasteiger partial charge in [0.05, 0.1) is 6.42 Å². The quantitative estimate of drug-likeness (QED) is 0.535. The number of carboxylic acids is 1. The summed E-state index contributed by atoms with van der Waals surface area (Å²) in [4.78, 5) is 59.7. The fraction of sp³-hybridized carbons (Fsp3) is 0.421. The summed E-state index contributed by atoms with van der Waals surface area (Å²) in [7, 11) is 0. The molecule has 1 aliphatic rings. The van der Waals surface area contributed by atoms with Crippen molar-refractivity contribution in [2.24, 2.45) is 0 Å². The van der Waals surface area contributed by atoms with E-state index >= 15 is 0 Å². The molecule has 1 aliphatic heterocycles. The minimum Gasteiger partial charge on any atom is -0.481 e. The number of likely N-dealkylation sites (tertiary alicyclic amines) is 1. The number of Topliss-reactive ketones (excluding diaryl/α,β-unsaturated/α-hetero) is 1. The van der Waals surface area contributed by atoms with Crippen molar-refractivity contribution in [2.75, 3.05) is 19.7 Å². The molecule has 1 unspecified atom stereocenters. The molecule has 10 heteroatoms. The van der Waals surface area contributed by atoms with Crippen molar-refractivity contribution < 1.29 is 38.6 Å². The van der Waals surface area contributed by atoms with Gasteiger partial charge >= 0.3 is 18.0 Å². The number of hydrogen-bond donors (Lipinski definition) is 2. The number of nitrogens with one attached hydrogen (secondary N) is 1. The van der Waals surface area contributed by atoms with Crippen LogP contribution in [0.15, 0.2) is 30.3 Å². The number of esters is 1. The highest BCUT2D eigenvalue weighted by molar-refractivity contribution is 5.93. The van der Waals surface area contributed by atoms with Gasteiger partial charge in [-0.05, 0) is 12.0 Å². The summed E-state index contributed by atoms with van der Waals surface area (Å²) in [5.74, 6) is -3.07. The number of benzene rings is 1. The lowest BCUT2D eigenvalue weighted by atomic mass is 10.1. The Morgan fingerprint density at radius 3 is 2.48 bits per heavy atom. The van der Waals surface area contributed by atoms with Crippen LogP contribution in [0.2, 0.25) is 0 Å². The Balaban J connectivity index is 1.81. The van der Waals surface area contributed by atoms with E-state index < -0.39 is 42.9 Å². The molecule has 10 nitrogen and oxygen atoms in total. The molecule has 0 saturated carbocycles. The lowest BCUT2D eigenvalue weighted by molar-refractivity contribution is -0.151. The molecule has 2 N–H and O–H groups in total. The summed E-state index contributed by atoms with van der Waals surface area (Å²) in [5.41, 5.74) is 0.717. The molecule has 1 atom stereocenters. The Hall–Kier alpha value is -3.43. The van der Waals surface area contributed by atoms with Gasteiger partial charge in [-0.1, -0.05) is 30.3 Å². The van der Waals surface area contributed by atoms with Crippen LogP contribution in [-0.4, -0.2) is 65.5 Å². The lowest BCUT2D eigenvalue weighted by Gasteiger charge is -2.17. The Labute approximate surface area is 166 Å². The van der Waals surface area contributed by atoms with Gasteiger partial charge < -0.3 is 24.8 Å². The number of alkyl carbamates (subject to hydrolysis) is 1. The molecule has 0 spiro atoms. The van der Waals surface area contributed by atoms with Crippen molar-refractivity contribution >= 4 is 29.7 Å². The minimum atomic E-state index is -1.42. The van der Waals surface area contributed by atoms with E-state index in [9.17, 15) is 24.0 Å². The van der Waals surface area contributed by atoms with Crippen LogP contribution in [0.5, 0.6) is 0 Å². The molecule has 1 fully saturated rings. The summed E-state index contributed by atoms with van der Waals surface area (Å²) < 4.78 is 9.79. The van der Waals surface area contributed by atoms with E-state index in [-0.39, 0.29) is 19.1 Å². The maximum Gasteiger partial charge on any atom is 0.408 e. The standard InChI is InChI=1S/C19H22N2O8/c22-15(12-28-18(26)10-21-8-4-7-16(21)23)14(9-17(24)25)20-19(27)29-11-13-5-2-1-3-6-13/h1-3,5-6,14H,4,7-12H2,(H,20,27)(H,24,25). The van der Waals surface area contributed by atoms with Gasteiger partial charge in [-0.3, -0.25) is 19.2 Å². The summed E-state index contributed by atoms with van der Waals surface area (Å²) in [5, 5.41) is 11.1. The molecule has 1 aromatic carbocycles. The van der Waals surface area contributed by atoms with E-state index in [1.807, 2.05) is 0 Å². The van der Waals surface area contributed by atoms with E-state index in [0.29, 0.717) is 24.9 Å². The van der Waals surface area contributed by atoms with Crippen molar-refractivity contribution in [3.05, 3.63) is 35.9 Å². The SMILES string of the molecule is O=C(O)CC(NC(=O)OCc1ccccc1)C(=O)COC(=O)CN1CCCC1=O. The highest BCUT2D eigenvalue weighted by Gasteiger charge is 2.27. The van der Waals surface area contributed by atoms with Crippen molar-refractivity contribution in [3.8, 4) is 0 Å². The molecular weight excluding hydrogens is 384 g/mol. The van der Waals surface area contributed by atoms with Crippen molar-refractivity contribution in [2.45, 2.75) is 31.9 Å². The second-order valence-corrected chi connectivity index (χ2v) is 6.40. The normalized spacial score (nSPS) is 14.2. The van der Waals surface area contributed by atoms with Gasteiger partial charge in [-0.2, -0.15) is 0 Å². The van der Waals surface area contributed by atoms with Gasteiger partial charge in [-0.25, -0.2) is 4.79 Å². The molecule has 2 rings (SSSR count). The Morgan fingerprint density at radius 1 is 1.14 bits per heavy atom. The zero-order valence-corrected chi connectivity index (χ0v) is 15.7. The molecule has 29 heavy (non-hydrogen) atoms. The van der Waals surface area contributed by atoms with E-state index in [2.05, 4.69) is 5.32 Å². The molecule has 2 amide bonds. The van der Waals surface area contributed by atoms with E-state index in [0.717, 1.165) is 0 Å². The van der Waals surface area contributed by atoms with Crippen LogP contribution in [-0.2, 0) is 35.3 Å². The van der Waals surface area contributed by atoms with E-state index in [1.54, 1.807) is 30.3 Å². The highest BCUT2D eigenvalue weighted by Crippen LogP contribution is 2.09. The first-order chi connectivity index (χ1) is 13.8.